The third-order valence-corrected chi connectivity index (χ3v) is 14.7. The Morgan fingerprint density at radius 3 is 2.27 bits per heavy atom. The van der Waals surface area contributed by atoms with Gasteiger partial charge in [-0.15, -0.1) is 0 Å². The zero-order chi connectivity index (χ0) is 32.9. The summed E-state index contributed by atoms with van der Waals surface area (Å²) in [5, 5.41) is 14.7. The number of fused-ring (bicyclic) bond motifs is 5. The molecule has 0 aromatic carbocycles. The minimum Gasteiger partial charge on any atom is -0.458 e. The number of esters is 1. The maximum Gasteiger partial charge on any atom is 0.500 e. The molecule has 3 fully saturated rings. The van der Waals surface area contributed by atoms with Crippen LogP contribution in [0.4, 0.5) is 0 Å². The zero-order valence-corrected chi connectivity index (χ0v) is 29.0. The molecule has 0 bridgehead atoms. The fraction of sp³-hybridized carbons (Fsp3) is 0.824. The summed E-state index contributed by atoms with van der Waals surface area (Å²) in [5.74, 6) is -0.0551. The molecule has 0 spiro atoms. The quantitative estimate of drug-likeness (QED) is 0.139. The third-order valence-electron chi connectivity index (χ3n) is 11.6. The first-order chi connectivity index (χ1) is 21.4. The predicted octanol–water partition coefficient (Wildman–Crippen LogP) is 4.70. The molecule has 4 aliphatic carbocycles. The molecule has 0 saturated heterocycles. The number of hydrogen-bond acceptors (Lipinski definition) is 9. The standard InChI is InChI=1S/C34H55NO9Si/c1-6-42-45(43-7-2,44-8-3)21-9-20-35-30(38)12-13-31(39)41-23-29(37)34(40)19-16-28-26-11-10-24-22-25(36)14-17-32(24,4)27(26)15-18-33(28,34)5/h22,26-28,40H,6-21,23H2,1-5H3,(H,35,38). The van der Waals surface area contributed by atoms with E-state index in [2.05, 4.69) is 12.2 Å². The predicted molar refractivity (Wildman–Crippen MR) is 170 cm³/mol. The van der Waals surface area contributed by atoms with E-state index >= 15 is 0 Å². The van der Waals surface area contributed by atoms with Gasteiger partial charge in [0.1, 0.15) is 5.60 Å². The molecule has 6 unspecified atom stereocenters. The van der Waals surface area contributed by atoms with Crippen molar-refractivity contribution < 1.29 is 42.3 Å². The Morgan fingerprint density at radius 2 is 1.60 bits per heavy atom. The Bertz CT molecular complexity index is 1130. The number of carbonyl (C=O) groups is 4. The molecule has 2 N–H and O–H groups in total. The van der Waals surface area contributed by atoms with E-state index in [0.717, 1.165) is 38.5 Å². The maximum absolute atomic E-state index is 13.5. The van der Waals surface area contributed by atoms with Gasteiger partial charge in [0.15, 0.2) is 12.4 Å². The molecule has 3 saturated carbocycles. The fourth-order valence-corrected chi connectivity index (χ4v) is 11.8. The molecule has 0 radical (unpaired) electrons. The first kappa shape index (κ1) is 35.9. The number of rotatable bonds is 16. The Morgan fingerprint density at radius 1 is 0.933 bits per heavy atom. The van der Waals surface area contributed by atoms with Crippen LogP contribution in [0.25, 0.3) is 0 Å². The van der Waals surface area contributed by atoms with Crippen LogP contribution in [0.2, 0.25) is 6.04 Å². The normalized spacial score (nSPS) is 32.6. The highest BCUT2D eigenvalue weighted by molar-refractivity contribution is 6.60. The highest BCUT2D eigenvalue weighted by Crippen LogP contribution is 2.67. The van der Waals surface area contributed by atoms with Crippen LogP contribution in [-0.4, -0.2) is 75.9 Å². The Kier molecular flexibility index (Phi) is 11.9. The van der Waals surface area contributed by atoms with Crippen LogP contribution < -0.4 is 5.32 Å². The number of allylic oxidation sites excluding steroid dienone is 1. The molecule has 0 heterocycles. The first-order valence-electron chi connectivity index (χ1n) is 17.2. The molecule has 4 rings (SSSR count). The van der Waals surface area contributed by atoms with E-state index < -0.39 is 38.2 Å². The van der Waals surface area contributed by atoms with Crippen molar-refractivity contribution in [3.63, 3.8) is 0 Å². The van der Waals surface area contributed by atoms with Crippen LogP contribution in [0.1, 0.15) is 105 Å². The van der Waals surface area contributed by atoms with Crippen molar-refractivity contribution in [3.8, 4) is 0 Å². The van der Waals surface area contributed by atoms with Crippen LogP contribution in [0, 0.1) is 28.6 Å². The highest BCUT2D eigenvalue weighted by Gasteiger charge is 2.66. The van der Waals surface area contributed by atoms with Crippen molar-refractivity contribution in [2.75, 3.05) is 33.0 Å². The second kappa shape index (κ2) is 14.9. The van der Waals surface area contributed by atoms with Gasteiger partial charge in [0, 0.05) is 50.7 Å². The van der Waals surface area contributed by atoms with Gasteiger partial charge in [-0.3, -0.25) is 19.2 Å². The summed E-state index contributed by atoms with van der Waals surface area (Å²) in [4.78, 5) is 50.4. The number of hydrogen-bond donors (Lipinski definition) is 2. The van der Waals surface area contributed by atoms with Gasteiger partial charge in [-0.1, -0.05) is 19.4 Å². The van der Waals surface area contributed by atoms with Gasteiger partial charge in [-0.2, -0.15) is 0 Å². The summed E-state index contributed by atoms with van der Waals surface area (Å²) in [6, 6.07) is 0.579. The SMILES string of the molecule is CCO[Si](CCCNC(=O)CCC(=O)OCC(=O)C1(O)CCC2C3CCC4=CC(=O)CCC4(C)C3CCC21C)(OCC)OCC. The van der Waals surface area contributed by atoms with Crippen LogP contribution in [0.3, 0.4) is 0 Å². The summed E-state index contributed by atoms with van der Waals surface area (Å²) in [5.41, 5.74) is -0.801. The van der Waals surface area contributed by atoms with Gasteiger partial charge < -0.3 is 28.4 Å². The minimum atomic E-state index is -2.77. The summed E-state index contributed by atoms with van der Waals surface area (Å²) in [6.45, 7) is 11.4. The van der Waals surface area contributed by atoms with E-state index in [0.29, 0.717) is 63.5 Å². The number of nitrogens with one attached hydrogen (secondary N) is 1. The molecule has 0 aromatic heterocycles. The largest absolute Gasteiger partial charge is 0.500 e. The topological polar surface area (TPSA) is 137 Å². The zero-order valence-electron chi connectivity index (χ0n) is 28.0. The van der Waals surface area contributed by atoms with Gasteiger partial charge in [0.05, 0.1) is 6.42 Å². The molecule has 10 nitrogen and oxygen atoms in total. The molecular formula is C34H55NO9Si. The van der Waals surface area contributed by atoms with E-state index in [9.17, 15) is 24.3 Å². The molecule has 45 heavy (non-hydrogen) atoms. The van der Waals surface area contributed by atoms with Gasteiger partial charge in [-0.25, -0.2) is 0 Å². The lowest BCUT2D eigenvalue weighted by Gasteiger charge is -2.58. The Labute approximate surface area is 269 Å². The average molecular weight is 650 g/mol. The summed E-state index contributed by atoms with van der Waals surface area (Å²) >= 11 is 0. The van der Waals surface area contributed by atoms with Crippen LogP contribution >= 0.6 is 0 Å². The van der Waals surface area contributed by atoms with E-state index in [1.807, 2.05) is 33.8 Å². The van der Waals surface area contributed by atoms with Crippen molar-refractivity contribution in [3.05, 3.63) is 11.6 Å². The average Bonchev–Trinajstić information content (AvgIpc) is 3.29. The van der Waals surface area contributed by atoms with Crippen LogP contribution in [0.5, 0.6) is 0 Å². The van der Waals surface area contributed by atoms with Gasteiger partial charge in [0.2, 0.25) is 11.7 Å². The van der Waals surface area contributed by atoms with Gasteiger partial charge in [-0.05, 0) is 101 Å². The number of aliphatic hydroxyl groups is 1. The monoisotopic (exact) mass is 649 g/mol. The van der Waals surface area contributed by atoms with Crippen LogP contribution in [0.15, 0.2) is 11.6 Å². The lowest BCUT2D eigenvalue weighted by atomic mass is 9.46. The molecule has 254 valence electrons. The summed E-state index contributed by atoms with van der Waals surface area (Å²) < 4.78 is 22.8. The molecule has 11 heteroatoms. The number of ketones is 2. The maximum atomic E-state index is 13.5. The third kappa shape index (κ3) is 7.32. The molecule has 4 aliphatic rings. The summed E-state index contributed by atoms with van der Waals surface area (Å²) in [6.07, 6.45) is 8.47. The smallest absolute Gasteiger partial charge is 0.458 e. The number of carbonyl (C=O) groups excluding carboxylic acids is 4. The molecule has 0 aliphatic heterocycles. The molecule has 6 atom stereocenters. The fourth-order valence-electron chi connectivity index (χ4n) is 9.21. The van der Waals surface area contributed by atoms with E-state index in [1.165, 1.54) is 5.57 Å². The van der Waals surface area contributed by atoms with Gasteiger partial charge >= 0.3 is 14.8 Å². The van der Waals surface area contributed by atoms with Crippen molar-refractivity contribution in [2.24, 2.45) is 28.6 Å². The number of Topliss-reactive ketones (excluding diaryl/α,β-unsaturated/α-hetero) is 1. The summed E-state index contributed by atoms with van der Waals surface area (Å²) in [7, 11) is -2.77. The molecular weight excluding hydrogens is 594 g/mol. The number of ether oxygens (including phenoxy) is 1. The minimum absolute atomic E-state index is 0.0212. The second-order valence-corrected chi connectivity index (χ2v) is 16.6. The Hall–Kier alpha value is -1.92. The highest BCUT2D eigenvalue weighted by atomic mass is 28.4. The Balaban J connectivity index is 1.23. The van der Waals surface area contributed by atoms with Crippen molar-refractivity contribution in [1.82, 2.24) is 5.32 Å². The van der Waals surface area contributed by atoms with E-state index in [-0.39, 0.29) is 35.9 Å². The van der Waals surface area contributed by atoms with Crippen molar-refractivity contribution in [1.29, 1.82) is 0 Å². The lowest BCUT2D eigenvalue weighted by molar-refractivity contribution is -0.170. The van der Waals surface area contributed by atoms with Crippen molar-refractivity contribution in [2.45, 2.75) is 117 Å². The molecule has 0 aromatic rings. The first-order valence-corrected chi connectivity index (χ1v) is 19.1. The van der Waals surface area contributed by atoms with E-state index in [1.54, 1.807) is 0 Å². The van der Waals surface area contributed by atoms with Gasteiger partial charge in [0.25, 0.3) is 0 Å². The second-order valence-electron chi connectivity index (χ2n) is 13.8. The van der Waals surface area contributed by atoms with Crippen LogP contribution in [-0.2, 0) is 37.2 Å². The van der Waals surface area contributed by atoms with Crippen molar-refractivity contribution >= 4 is 32.2 Å². The van der Waals surface area contributed by atoms with E-state index in [4.69, 9.17) is 18.0 Å². The number of amides is 1. The lowest BCUT2D eigenvalue weighted by Crippen LogP contribution is -2.58. The molecule has 1 amide bonds.